The number of hydrogen-bond donors (Lipinski definition) is 3. The molecule has 7 nitrogen and oxygen atoms in total. The molecule has 1 aromatic heterocycles. The molecule has 0 radical (unpaired) electrons. The van der Waals surface area contributed by atoms with Crippen molar-refractivity contribution in [3.63, 3.8) is 0 Å². The lowest BCUT2D eigenvalue weighted by Crippen LogP contribution is -2.36. The topological polar surface area (TPSA) is 88.0 Å². The number of aromatic nitrogens is 2. The van der Waals surface area contributed by atoms with Crippen LogP contribution < -0.4 is 16.0 Å². The molecule has 1 aliphatic heterocycles. The standard InChI is InChI=1S/C17H27N5O2/c23-16(13-4-1-5-13)19-9-3-10-20-17(24)15-7-11-22(21-15)14-6-2-8-18-12-14/h7,11,13-14,18H,1-6,8-10,12H2,(H,19,23)(H,20,24). The molecule has 1 saturated carbocycles. The number of carbonyl (C=O) groups excluding carboxylic acids is 2. The van der Waals surface area contributed by atoms with Gasteiger partial charge in [0.2, 0.25) is 5.91 Å². The molecular weight excluding hydrogens is 306 g/mol. The predicted molar refractivity (Wildman–Crippen MR) is 90.7 cm³/mol. The quantitative estimate of drug-likeness (QED) is 0.645. The molecule has 1 aliphatic carbocycles. The zero-order valence-electron chi connectivity index (χ0n) is 14.1. The Balaban J connectivity index is 1.34. The normalized spacial score (nSPS) is 21.1. The van der Waals surface area contributed by atoms with Gasteiger partial charge in [0.25, 0.3) is 5.91 Å². The first-order chi connectivity index (χ1) is 11.7. The van der Waals surface area contributed by atoms with E-state index in [-0.39, 0.29) is 17.7 Å². The third kappa shape index (κ3) is 4.35. The van der Waals surface area contributed by atoms with Gasteiger partial charge in [-0.25, -0.2) is 0 Å². The van der Waals surface area contributed by atoms with Crippen molar-refractivity contribution in [2.45, 2.75) is 44.6 Å². The molecule has 2 fully saturated rings. The Morgan fingerprint density at radius 3 is 2.75 bits per heavy atom. The summed E-state index contributed by atoms with van der Waals surface area (Å²) >= 11 is 0. The van der Waals surface area contributed by atoms with E-state index in [2.05, 4.69) is 21.0 Å². The van der Waals surface area contributed by atoms with E-state index in [0.717, 1.165) is 51.6 Å². The van der Waals surface area contributed by atoms with Crippen LogP contribution in [0, 0.1) is 5.92 Å². The molecular formula is C17H27N5O2. The van der Waals surface area contributed by atoms with Gasteiger partial charge in [-0.15, -0.1) is 0 Å². The fourth-order valence-corrected chi connectivity index (χ4v) is 3.13. The Hall–Kier alpha value is -1.89. The van der Waals surface area contributed by atoms with E-state index in [4.69, 9.17) is 0 Å². The Labute approximate surface area is 142 Å². The molecule has 1 aromatic rings. The van der Waals surface area contributed by atoms with Gasteiger partial charge in [-0.05, 0) is 44.7 Å². The number of nitrogens with one attached hydrogen (secondary N) is 3. The minimum absolute atomic E-state index is 0.150. The highest BCUT2D eigenvalue weighted by molar-refractivity contribution is 5.92. The van der Waals surface area contributed by atoms with Crippen LogP contribution >= 0.6 is 0 Å². The molecule has 7 heteroatoms. The van der Waals surface area contributed by atoms with Crippen molar-refractivity contribution in [3.8, 4) is 0 Å². The lowest BCUT2D eigenvalue weighted by Gasteiger charge is -2.24. The van der Waals surface area contributed by atoms with Gasteiger partial charge in [-0.1, -0.05) is 6.42 Å². The molecule has 0 spiro atoms. The number of hydrogen-bond acceptors (Lipinski definition) is 4. The second-order valence-electron chi connectivity index (χ2n) is 6.71. The molecule has 132 valence electrons. The predicted octanol–water partition coefficient (Wildman–Crippen LogP) is 0.844. The molecule has 1 saturated heterocycles. The van der Waals surface area contributed by atoms with Crippen LogP contribution in [0.25, 0.3) is 0 Å². The summed E-state index contributed by atoms with van der Waals surface area (Å²) in [6, 6.07) is 2.10. The second kappa shape index (κ2) is 8.28. The Morgan fingerprint density at radius 2 is 2.04 bits per heavy atom. The molecule has 1 atom stereocenters. The number of nitrogens with zero attached hydrogens (tertiary/aromatic N) is 2. The van der Waals surface area contributed by atoms with Crippen molar-refractivity contribution in [1.29, 1.82) is 0 Å². The highest BCUT2D eigenvalue weighted by atomic mass is 16.2. The van der Waals surface area contributed by atoms with E-state index in [9.17, 15) is 9.59 Å². The van der Waals surface area contributed by atoms with Crippen molar-refractivity contribution in [2.24, 2.45) is 5.92 Å². The lowest BCUT2D eigenvalue weighted by molar-refractivity contribution is -0.127. The molecule has 3 rings (SSSR count). The summed E-state index contributed by atoms with van der Waals surface area (Å²) in [5.74, 6) is 0.230. The number of piperidine rings is 1. The van der Waals surface area contributed by atoms with Gasteiger partial charge < -0.3 is 16.0 Å². The van der Waals surface area contributed by atoms with Crippen molar-refractivity contribution in [3.05, 3.63) is 18.0 Å². The van der Waals surface area contributed by atoms with Crippen molar-refractivity contribution < 1.29 is 9.59 Å². The molecule has 1 unspecified atom stereocenters. The van der Waals surface area contributed by atoms with Crippen molar-refractivity contribution in [1.82, 2.24) is 25.7 Å². The van der Waals surface area contributed by atoms with Gasteiger partial charge >= 0.3 is 0 Å². The number of amides is 2. The third-order valence-electron chi connectivity index (χ3n) is 4.90. The average Bonchev–Trinajstić information content (AvgIpc) is 3.03. The molecule has 3 N–H and O–H groups in total. The van der Waals surface area contributed by atoms with Crippen LogP contribution in [-0.4, -0.2) is 47.8 Å². The summed E-state index contributed by atoms with van der Waals surface area (Å²) in [6.45, 7) is 3.12. The van der Waals surface area contributed by atoms with Crippen LogP contribution in [0.3, 0.4) is 0 Å². The maximum absolute atomic E-state index is 12.1. The maximum Gasteiger partial charge on any atom is 0.271 e. The van der Waals surface area contributed by atoms with Gasteiger partial charge in [0.15, 0.2) is 0 Å². The summed E-state index contributed by atoms with van der Waals surface area (Å²) in [5, 5.41) is 13.5. The van der Waals surface area contributed by atoms with Crippen molar-refractivity contribution >= 4 is 11.8 Å². The smallest absolute Gasteiger partial charge is 0.271 e. The summed E-state index contributed by atoms with van der Waals surface area (Å²) < 4.78 is 1.89. The van der Waals surface area contributed by atoms with E-state index < -0.39 is 0 Å². The SMILES string of the molecule is O=C(NCCCNC(=O)C1CCC1)c1ccn(C2CCCNC2)n1. The highest BCUT2D eigenvalue weighted by Gasteiger charge is 2.24. The van der Waals surface area contributed by atoms with Crippen LogP contribution in [0.1, 0.15) is 55.1 Å². The lowest BCUT2D eigenvalue weighted by atomic mass is 9.85. The van der Waals surface area contributed by atoms with E-state index >= 15 is 0 Å². The summed E-state index contributed by atoms with van der Waals surface area (Å²) in [6.07, 6.45) is 8.04. The minimum atomic E-state index is -0.150. The number of rotatable bonds is 7. The molecule has 2 amide bonds. The fraction of sp³-hybridized carbons (Fsp3) is 0.706. The van der Waals surface area contributed by atoms with Gasteiger partial charge in [0.1, 0.15) is 5.69 Å². The Kier molecular flexibility index (Phi) is 5.85. The molecule has 2 aliphatic rings. The van der Waals surface area contributed by atoms with Crippen molar-refractivity contribution in [2.75, 3.05) is 26.2 Å². The first kappa shape index (κ1) is 17.0. The highest BCUT2D eigenvalue weighted by Crippen LogP contribution is 2.26. The fourth-order valence-electron chi connectivity index (χ4n) is 3.13. The number of carbonyl (C=O) groups is 2. The summed E-state index contributed by atoms with van der Waals surface area (Å²) in [7, 11) is 0. The van der Waals surface area contributed by atoms with Gasteiger partial charge in [-0.3, -0.25) is 14.3 Å². The minimum Gasteiger partial charge on any atom is -0.356 e. The average molecular weight is 333 g/mol. The van der Waals surface area contributed by atoms with Crippen LogP contribution in [-0.2, 0) is 4.79 Å². The summed E-state index contributed by atoms with van der Waals surface area (Å²) in [4.78, 5) is 23.8. The Bertz CT molecular complexity index is 561. The van der Waals surface area contributed by atoms with E-state index in [0.29, 0.717) is 24.8 Å². The second-order valence-corrected chi connectivity index (χ2v) is 6.71. The molecule has 0 bridgehead atoms. The first-order valence-corrected chi connectivity index (χ1v) is 9.06. The van der Waals surface area contributed by atoms with Gasteiger partial charge in [0.05, 0.1) is 6.04 Å². The van der Waals surface area contributed by atoms with Crippen LogP contribution in [0.2, 0.25) is 0 Å². The van der Waals surface area contributed by atoms with E-state index in [1.165, 1.54) is 0 Å². The third-order valence-corrected chi connectivity index (χ3v) is 4.90. The van der Waals surface area contributed by atoms with Gasteiger partial charge in [0, 0.05) is 31.7 Å². The van der Waals surface area contributed by atoms with E-state index in [1.54, 1.807) is 6.07 Å². The zero-order valence-corrected chi connectivity index (χ0v) is 14.1. The van der Waals surface area contributed by atoms with Gasteiger partial charge in [-0.2, -0.15) is 5.10 Å². The molecule has 24 heavy (non-hydrogen) atoms. The maximum atomic E-state index is 12.1. The largest absolute Gasteiger partial charge is 0.356 e. The molecule has 2 heterocycles. The van der Waals surface area contributed by atoms with E-state index in [1.807, 2.05) is 10.9 Å². The van der Waals surface area contributed by atoms with Crippen LogP contribution in [0.5, 0.6) is 0 Å². The van der Waals surface area contributed by atoms with Crippen LogP contribution in [0.4, 0.5) is 0 Å². The Morgan fingerprint density at radius 1 is 1.21 bits per heavy atom. The monoisotopic (exact) mass is 333 g/mol. The molecule has 0 aromatic carbocycles. The summed E-state index contributed by atoms with van der Waals surface area (Å²) in [5.41, 5.74) is 0.457. The first-order valence-electron chi connectivity index (χ1n) is 9.06. The van der Waals surface area contributed by atoms with Crippen LogP contribution in [0.15, 0.2) is 12.3 Å². The zero-order chi connectivity index (χ0) is 16.8.